The van der Waals surface area contributed by atoms with Crippen molar-refractivity contribution in [3.63, 3.8) is 0 Å². The van der Waals surface area contributed by atoms with Crippen molar-refractivity contribution < 1.29 is 23.8 Å². The molecule has 0 bridgehead atoms. The second-order valence-electron chi connectivity index (χ2n) is 6.82. The third-order valence-corrected chi connectivity index (χ3v) is 6.66. The average Bonchev–Trinajstić information content (AvgIpc) is 3.15. The van der Waals surface area contributed by atoms with E-state index in [4.69, 9.17) is 4.74 Å². The highest BCUT2D eigenvalue weighted by Gasteiger charge is 2.34. The zero-order valence-corrected chi connectivity index (χ0v) is 17.5. The molecule has 1 heterocycles. The van der Waals surface area contributed by atoms with E-state index in [0.717, 1.165) is 11.1 Å². The number of carboxylic acid groups (broad SMARTS) is 1. The molecule has 29 heavy (non-hydrogen) atoms. The highest BCUT2D eigenvalue weighted by atomic mass is 32.2. The standard InChI is InChI=1S/C21H20FNO4S2/c1-21(2,19(25)26)29-20-23-17(12-28-20)18(24)11-27-16-9-5-14(6-10-16)13-3-7-15(22)8-4-13/h3-10,12,20,23H,11H2,1-2H3,(H,25,26). The van der Waals surface area contributed by atoms with Crippen molar-refractivity contribution in [2.24, 2.45) is 0 Å². The molecule has 3 rings (SSSR count). The quantitative estimate of drug-likeness (QED) is 0.635. The molecule has 1 aliphatic heterocycles. The summed E-state index contributed by atoms with van der Waals surface area (Å²) in [5.74, 6) is -0.853. The number of carbonyl (C=O) groups excluding carboxylic acids is 1. The Morgan fingerprint density at radius 3 is 2.31 bits per heavy atom. The van der Waals surface area contributed by atoms with Crippen LogP contribution in [0, 0.1) is 5.82 Å². The van der Waals surface area contributed by atoms with Crippen molar-refractivity contribution >= 4 is 35.3 Å². The largest absolute Gasteiger partial charge is 0.485 e. The molecule has 1 aliphatic rings. The molecule has 0 radical (unpaired) electrons. The molecule has 0 fully saturated rings. The number of ether oxygens (including phenoxy) is 1. The average molecular weight is 434 g/mol. The summed E-state index contributed by atoms with van der Waals surface area (Å²) < 4.78 is 17.4. The molecule has 0 saturated heterocycles. The van der Waals surface area contributed by atoms with Crippen LogP contribution in [0.3, 0.4) is 0 Å². The van der Waals surface area contributed by atoms with Crippen LogP contribution in [-0.4, -0.2) is 32.9 Å². The summed E-state index contributed by atoms with van der Waals surface area (Å²) in [7, 11) is 0. The van der Waals surface area contributed by atoms with E-state index in [-0.39, 0.29) is 22.9 Å². The molecule has 0 spiro atoms. The number of ketones is 1. The van der Waals surface area contributed by atoms with Crippen molar-refractivity contribution in [3.8, 4) is 16.9 Å². The number of Topliss-reactive ketones (excluding diaryl/α,β-unsaturated/α-hetero) is 1. The normalized spacial score (nSPS) is 16.1. The predicted octanol–water partition coefficient (Wildman–Crippen LogP) is 4.50. The fraction of sp³-hybridized carbons (Fsp3) is 0.238. The van der Waals surface area contributed by atoms with Crippen molar-refractivity contribution in [1.82, 2.24) is 5.32 Å². The van der Waals surface area contributed by atoms with Gasteiger partial charge in [-0.05, 0) is 49.2 Å². The summed E-state index contributed by atoms with van der Waals surface area (Å²) >= 11 is 2.61. The summed E-state index contributed by atoms with van der Waals surface area (Å²) in [5, 5.41) is 13.9. The van der Waals surface area contributed by atoms with Gasteiger partial charge in [0.25, 0.3) is 0 Å². The molecule has 0 amide bonds. The second kappa shape index (κ2) is 8.92. The lowest BCUT2D eigenvalue weighted by Gasteiger charge is -2.23. The number of carboxylic acids is 1. The molecule has 0 saturated carbocycles. The third kappa shape index (κ3) is 5.55. The molecule has 2 aromatic rings. The van der Waals surface area contributed by atoms with Gasteiger partial charge in [-0.15, -0.1) is 11.8 Å². The first kappa shape index (κ1) is 21.3. The van der Waals surface area contributed by atoms with E-state index >= 15 is 0 Å². The maximum Gasteiger partial charge on any atom is 0.319 e. The lowest BCUT2D eigenvalue weighted by atomic mass is 10.1. The minimum atomic E-state index is -0.959. The Kier molecular flexibility index (Phi) is 6.54. The van der Waals surface area contributed by atoms with Gasteiger partial charge in [0, 0.05) is 5.41 Å². The first-order chi connectivity index (χ1) is 13.7. The Hall–Kier alpha value is -2.45. The molecular weight excluding hydrogens is 413 g/mol. The molecule has 1 atom stereocenters. The fourth-order valence-electron chi connectivity index (χ4n) is 2.46. The maximum absolute atomic E-state index is 13.0. The van der Waals surface area contributed by atoms with Gasteiger partial charge in [-0.2, -0.15) is 0 Å². The first-order valence-corrected chi connectivity index (χ1v) is 10.6. The van der Waals surface area contributed by atoms with Crippen LogP contribution in [-0.2, 0) is 9.59 Å². The second-order valence-corrected chi connectivity index (χ2v) is 9.83. The number of nitrogens with one attached hydrogen (secondary N) is 1. The van der Waals surface area contributed by atoms with Gasteiger partial charge in [0.15, 0.2) is 6.61 Å². The molecule has 0 aromatic heterocycles. The highest BCUT2D eigenvalue weighted by molar-refractivity contribution is 8.19. The van der Waals surface area contributed by atoms with E-state index in [1.165, 1.54) is 35.7 Å². The number of halogens is 1. The van der Waals surface area contributed by atoms with Crippen LogP contribution < -0.4 is 10.1 Å². The van der Waals surface area contributed by atoms with Gasteiger partial charge >= 0.3 is 5.97 Å². The summed E-state index contributed by atoms with van der Waals surface area (Å²) in [5.41, 5.74) is 2.22. The Labute approximate surface area is 176 Å². The third-order valence-electron chi connectivity index (χ3n) is 4.20. The molecule has 1 unspecified atom stereocenters. The Morgan fingerprint density at radius 2 is 1.72 bits per heavy atom. The van der Waals surface area contributed by atoms with Crippen LogP contribution in [0.5, 0.6) is 5.75 Å². The number of carbonyl (C=O) groups is 2. The van der Waals surface area contributed by atoms with Gasteiger partial charge in [-0.3, -0.25) is 9.59 Å². The Morgan fingerprint density at radius 1 is 1.14 bits per heavy atom. The van der Waals surface area contributed by atoms with E-state index in [9.17, 15) is 19.1 Å². The number of hydrogen-bond donors (Lipinski definition) is 2. The summed E-state index contributed by atoms with van der Waals surface area (Å²) in [6.07, 6.45) is 0. The number of aliphatic carboxylic acids is 1. The first-order valence-electron chi connectivity index (χ1n) is 8.80. The molecule has 5 nitrogen and oxygen atoms in total. The van der Waals surface area contributed by atoms with E-state index in [1.807, 2.05) is 12.1 Å². The van der Waals surface area contributed by atoms with Gasteiger partial charge in [0.1, 0.15) is 21.0 Å². The maximum atomic E-state index is 13.0. The van der Waals surface area contributed by atoms with Crippen LogP contribution in [0.15, 0.2) is 59.6 Å². The van der Waals surface area contributed by atoms with Crippen molar-refractivity contribution in [3.05, 3.63) is 65.5 Å². The van der Waals surface area contributed by atoms with Gasteiger partial charge in [0.2, 0.25) is 5.78 Å². The van der Waals surface area contributed by atoms with Gasteiger partial charge < -0.3 is 15.2 Å². The molecule has 2 aromatic carbocycles. The van der Waals surface area contributed by atoms with E-state index in [1.54, 1.807) is 43.5 Å². The fourth-order valence-corrected chi connectivity index (χ4v) is 5.05. The molecule has 152 valence electrons. The topological polar surface area (TPSA) is 75.6 Å². The van der Waals surface area contributed by atoms with Crippen molar-refractivity contribution in [1.29, 1.82) is 0 Å². The Bertz CT molecular complexity index is 927. The molecule has 0 aliphatic carbocycles. The molecule has 8 heteroatoms. The van der Waals surface area contributed by atoms with E-state index in [0.29, 0.717) is 11.4 Å². The summed E-state index contributed by atoms with van der Waals surface area (Å²) in [6.45, 7) is 3.12. The highest BCUT2D eigenvalue weighted by Crippen LogP contribution is 2.38. The van der Waals surface area contributed by atoms with Crippen molar-refractivity contribution in [2.75, 3.05) is 6.61 Å². The van der Waals surface area contributed by atoms with Crippen LogP contribution in [0.25, 0.3) is 11.1 Å². The number of benzene rings is 2. The van der Waals surface area contributed by atoms with Crippen LogP contribution in [0.4, 0.5) is 4.39 Å². The van der Waals surface area contributed by atoms with Crippen LogP contribution >= 0.6 is 23.5 Å². The zero-order valence-electron chi connectivity index (χ0n) is 15.8. The van der Waals surface area contributed by atoms with Crippen LogP contribution in [0.1, 0.15) is 13.8 Å². The summed E-state index contributed by atoms with van der Waals surface area (Å²) in [6, 6.07) is 13.4. The number of hydrogen-bond acceptors (Lipinski definition) is 6. The van der Waals surface area contributed by atoms with E-state index < -0.39 is 10.7 Å². The zero-order chi connectivity index (χ0) is 21.0. The van der Waals surface area contributed by atoms with Gasteiger partial charge in [0.05, 0.1) is 5.70 Å². The SMILES string of the molecule is CC(C)(SC1NC(C(=O)COc2ccc(-c3ccc(F)cc3)cc2)=CS1)C(=O)O. The number of thioether (sulfide) groups is 2. The predicted molar refractivity (Wildman–Crippen MR) is 114 cm³/mol. The lowest BCUT2D eigenvalue weighted by Crippen LogP contribution is -2.33. The number of rotatable bonds is 8. The summed E-state index contributed by atoms with van der Waals surface area (Å²) in [4.78, 5) is 23.6. The van der Waals surface area contributed by atoms with Gasteiger partial charge in [-0.1, -0.05) is 36.0 Å². The van der Waals surface area contributed by atoms with E-state index in [2.05, 4.69) is 5.32 Å². The Balaban J connectivity index is 1.51. The minimum absolute atomic E-state index is 0.130. The van der Waals surface area contributed by atoms with Crippen LogP contribution in [0.2, 0.25) is 0 Å². The lowest BCUT2D eigenvalue weighted by molar-refractivity contribution is -0.138. The minimum Gasteiger partial charge on any atom is -0.485 e. The monoisotopic (exact) mass is 433 g/mol. The smallest absolute Gasteiger partial charge is 0.319 e. The van der Waals surface area contributed by atoms with Crippen molar-refractivity contribution in [2.45, 2.75) is 23.3 Å². The molecule has 2 N–H and O–H groups in total. The molecular formula is C21H20FNO4S2. The van der Waals surface area contributed by atoms with Gasteiger partial charge in [-0.25, -0.2) is 4.39 Å².